The second kappa shape index (κ2) is 7.99. The van der Waals surface area contributed by atoms with Crippen molar-refractivity contribution in [2.75, 3.05) is 27.9 Å². The molecule has 3 atom stereocenters. The van der Waals surface area contributed by atoms with Gasteiger partial charge in [0.2, 0.25) is 0 Å². The van der Waals surface area contributed by atoms with Gasteiger partial charge in [0.15, 0.2) is 18.2 Å². The summed E-state index contributed by atoms with van der Waals surface area (Å²) in [6.45, 7) is 5.11. The lowest BCUT2D eigenvalue weighted by atomic mass is 9.73. The summed E-state index contributed by atoms with van der Waals surface area (Å²) < 4.78 is 10.8. The number of carbonyl (C=O) groups excluding carboxylic acids is 2. The van der Waals surface area contributed by atoms with Crippen molar-refractivity contribution in [2.24, 2.45) is 5.92 Å². The van der Waals surface area contributed by atoms with Gasteiger partial charge in [-0.2, -0.15) is 0 Å². The quantitative estimate of drug-likeness (QED) is 0.722. The zero-order valence-electron chi connectivity index (χ0n) is 17.6. The maximum Gasteiger partial charge on any atom is 0.329 e. The molecular weight excluding hydrogens is 358 g/mol. The van der Waals surface area contributed by atoms with Gasteiger partial charge in [0.05, 0.1) is 21.3 Å². The molecule has 1 saturated carbocycles. The van der Waals surface area contributed by atoms with Crippen LogP contribution in [-0.4, -0.2) is 50.3 Å². The molecule has 7 nitrogen and oxygen atoms in total. The topological polar surface area (TPSA) is 72.3 Å². The van der Waals surface area contributed by atoms with Crippen LogP contribution < -0.4 is 19.7 Å². The van der Waals surface area contributed by atoms with Gasteiger partial charge in [0.1, 0.15) is 12.1 Å². The Balaban J connectivity index is 1.72. The lowest BCUT2D eigenvalue weighted by Gasteiger charge is -2.36. The molecule has 2 N–H and O–H groups in total. The third-order valence-corrected chi connectivity index (χ3v) is 6.26. The highest BCUT2D eigenvalue weighted by atomic mass is 16.5. The second-order valence-electron chi connectivity index (χ2n) is 8.21. The highest BCUT2D eigenvalue weighted by Crippen LogP contribution is 2.38. The summed E-state index contributed by atoms with van der Waals surface area (Å²) in [4.78, 5) is 28.2. The molecule has 0 aromatic heterocycles. The molecule has 3 amide bonds. The first-order chi connectivity index (χ1) is 13.3. The van der Waals surface area contributed by atoms with Gasteiger partial charge in [-0.15, -0.1) is 0 Å². The van der Waals surface area contributed by atoms with E-state index in [0.29, 0.717) is 24.7 Å². The van der Waals surface area contributed by atoms with Crippen molar-refractivity contribution in [2.45, 2.75) is 51.6 Å². The van der Waals surface area contributed by atoms with E-state index in [-0.39, 0.29) is 17.9 Å². The SMILES string of the molecule is COc1cc(C)c(C[NH+](C)CN2C(=O)N[C@]3(CCCC[C@@H]3C)C2=O)cc1OC. The number of imide groups is 1. The van der Waals surface area contributed by atoms with Crippen molar-refractivity contribution in [1.82, 2.24) is 10.2 Å². The van der Waals surface area contributed by atoms with Crippen molar-refractivity contribution in [1.29, 1.82) is 0 Å². The van der Waals surface area contributed by atoms with Crippen LogP contribution in [0, 0.1) is 12.8 Å². The number of carbonyl (C=O) groups is 2. The first-order valence-corrected chi connectivity index (χ1v) is 9.99. The highest BCUT2D eigenvalue weighted by molar-refractivity contribution is 6.07. The molecule has 3 rings (SSSR count). The van der Waals surface area contributed by atoms with Gasteiger partial charge in [-0.05, 0) is 43.4 Å². The zero-order valence-corrected chi connectivity index (χ0v) is 17.6. The Morgan fingerprint density at radius 3 is 2.54 bits per heavy atom. The van der Waals surface area contributed by atoms with Gasteiger partial charge in [-0.1, -0.05) is 19.8 Å². The predicted molar refractivity (Wildman–Crippen MR) is 105 cm³/mol. The average Bonchev–Trinajstić information content (AvgIpc) is 2.90. The number of rotatable bonds is 6. The van der Waals surface area contributed by atoms with E-state index in [1.807, 2.05) is 26.1 Å². The fraction of sp³-hybridized carbons (Fsp3) is 0.619. The average molecular weight is 391 g/mol. The number of urea groups is 1. The van der Waals surface area contributed by atoms with E-state index in [9.17, 15) is 9.59 Å². The van der Waals surface area contributed by atoms with E-state index < -0.39 is 5.54 Å². The number of benzene rings is 1. The molecule has 1 heterocycles. The van der Waals surface area contributed by atoms with Crippen LogP contribution in [0.5, 0.6) is 11.5 Å². The Kier molecular flexibility index (Phi) is 5.84. The number of ether oxygens (including phenoxy) is 2. The summed E-state index contributed by atoms with van der Waals surface area (Å²) in [5.41, 5.74) is 1.49. The third kappa shape index (κ3) is 3.55. The normalized spacial score (nSPS) is 25.8. The number of amides is 3. The lowest BCUT2D eigenvalue weighted by Crippen LogP contribution is -3.09. The second-order valence-corrected chi connectivity index (χ2v) is 8.21. The van der Waals surface area contributed by atoms with Gasteiger partial charge >= 0.3 is 6.03 Å². The summed E-state index contributed by atoms with van der Waals surface area (Å²) in [7, 11) is 5.23. The zero-order chi connectivity index (χ0) is 20.5. The van der Waals surface area contributed by atoms with Crippen LogP contribution in [0.25, 0.3) is 0 Å². The molecule has 1 spiro atoms. The molecule has 1 aliphatic carbocycles. The van der Waals surface area contributed by atoms with Crippen LogP contribution in [0.15, 0.2) is 12.1 Å². The molecule has 1 aliphatic heterocycles. The third-order valence-electron chi connectivity index (χ3n) is 6.26. The molecule has 2 aliphatic rings. The van der Waals surface area contributed by atoms with Crippen molar-refractivity contribution in [3.8, 4) is 11.5 Å². The minimum Gasteiger partial charge on any atom is -0.493 e. The lowest BCUT2D eigenvalue weighted by molar-refractivity contribution is -0.901. The summed E-state index contributed by atoms with van der Waals surface area (Å²) >= 11 is 0. The number of nitrogens with zero attached hydrogens (tertiary/aromatic N) is 1. The Labute approximate surface area is 167 Å². The molecule has 1 saturated heterocycles. The van der Waals surface area contributed by atoms with Crippen molar-refractivity contribution < 1.29 is 24.0 Å². The van der Waals surface area contributed by atoms with Crippen LogP contribution in [0.4, 0.5) is 4.79 Å². The standard InChI is InChI=1S/C21H31N3O4/c1-14-10-17(27-4)18(28-5)11-16(14)12-23(3)13-24-19(25)21(22-20(24)26)9-7-6-8-15(21)2/h10-11,15H,6-9,12-13H2,1-5H3,(H,22,26)/p+1/t15-,21-/m0/s1. The predicted octanol–water partition coefficient (Wildman–Crippen LogP) is 1.49. The van der Waals surface area contributed by atoms with Gasteiger partial charge in [0.25, 0.3) is 5.91 Å². The summed E-state index contributed by atoms with van der Waals surface area (Å²) in [6.07, 6.45) is 3.82. The van der Waals surface area contributed by atoms with Crippen LogP contribution in [0.1, 0.15) is 43.7 Å². The summed E-state index contributed by atoms with van der Waals surface area (Å²) in [6, 6.07) is 3.66. The minimum absolute atomic E-state index is 0.0620. The molecule has 0 bridgehead atoms. The molecule has 2 fully saturated rings. The smallest absolute Gasteiger partial charge is 0.329 e. The highest BCUT2D eigenvalue weighted by Gasteiger charge is 2.55. The van der Waals surface area contributed by atoms with Crippen molar-refractivity contribution in [3.05, 3.63) is 23.3 Å². The van der Waals surface area contributed by atoms with Crippen molar-refractivity contribution in [3.63, 3.8) is 0 Å². The molecule has 1 aromatic carbocycles. The van der Waals surface area contributed by atoms with Crippen LogP contribution in [-0.2, 0) is 11.3 Å². The van der Waals surface area contributed by atoms with Crippen LogP contribution >= 0.6 is 0 Å². The Morgan fingerprint density at radius 1 is 1.21 bits per heavy atom. The molecule has 1 aromatic rings. The van der Waals surface area contributed by atoms with E-state index in [1.165, 1.54) is 4.90 Å². The maximum absolute atomic E-state index is 13.1. The molecule has 1 unspecified atom stereocenters. The Hall–Kier alpha value is -2.28. The largest absolute Gasteiger partial charge is 0.493 e. The van der Waals surface area contributed by atoms with Gasteiger partial charge < -0.3 is 19.7 Å². The molecule has 154 valence electrons. The molecule has 7 heteroatoms. The molecule has 0 radical (unpaired) electrons. The minimum atomic E-state index is -0.700. The van der Waals surface area contributed by atoms with Crippen LogP contribution in [0.2, 0.25) is 0 Å². The maximum atomic E-state index is 13.1. The number of nitrogens with one attached hydrogen (secondary N) is 2. The number of aryl methyl sites for hydroxylation is 1. The summed E-state index contributed by atoms with van der Waals surface area (Å²) in [5.74, 6) is 1.49. The van der Waals surface area contributed by atoms with Gasteiger partial charge in [-0.25, -0.2) is 9.69 Å². The number of quaternary nitrogens is 1. The monoisotopic (exact) mass is 390 g/mol. The fourth-order valence-electron chi connectivity index (χ4n) is 4.50. The molecule has 28 heavy (non-hydrogen) atoms. The molecular formula is C21H32N3O4+. The van der Waals surface area contributed by atoms with E-state index in [4.69, 9.17) is 9.47 Å². The van der Waals surface area contributed by atoms with Gasteiger partial charge in [-0.3, -0.25) is 4.79 Å². The first-order valence-electron chi connectivity index (χ1n) is 9.99. The van der Waals surface area contributed by atoms with E-state index in [2.05, 4.69) is 12.2 Å². The van der Waals surface area contributed by atoms with Gasteiger partial charge in [0, 0.05) is 5.56 Å². The fourth-order valence-corrected chi connectivity index (χ4v) is 4.50. The van der Waals surface area contributed by atoms with Crippen molar-refractivity contribution >= 4 is 11.9 Å². The van der Waals surface area contributed by atoms with E-state index in [1.54, 1.807) is 14.2 Å². The van der Waals surface area contributed by atoms with Crippen LogP contribution in [0.3, 0.4) is 0 Å². The number of hydrogen-bond acceptors (Lipinski definition) is 4. The number of hydrogen-bond donors (Lipinski definition) is 2. The first kappa shape index (κ1) is 20.5. The Bertz CT molecular complexity index is 766. The Morgan fingerprint density at radius 2 is 1.89 bits per heavy atom. The van der Waals surface area contributed by atoms with E-state index >= 15 is 0 Å². The number of methoxy groups -OCH3 is 2. The van der Waals surface area contributed by atoms with E-state index in [0.717, 1.165) is 41.7 Å². The summed E-state index contributed by atoms with van der Waals surface area (Å²) in [5, 5.41) is 3.02.